The summed E-state index contributed by atoms with van der Waals surface area (Å²) in [6.07, 6.45) is 1.31. The van der Waals surface area contributed by atoms with Crippen molar-refractivity contribution in [3.05, 3.63) is 41.5 Å². The van der Waals surface area contributed by atoms with E-state index in [1.807, 2.05) is 6.07 Å². The van der Waals surface area contributed by atoms with Crippen molar-refractivity contribution < 1.29 is 9.59 Å². The van der Waals surface area contributed by atoms with Gasteiger partial charge in [0.1, 0.15) is 0 Å². The van der Waals surface area contributed by atoms with Crippen LogP contribution >= 0.6 is 0 Å². The van der Waals surface area contributed by atoms with E-state index in [-0.39, 0.29) is 11.8 Å². The second-order valence-electron chi connectivity index (χ2n) is 3.45. The van der Waals surface area contributed by atoms with Gasteiger partial charge in [0, 0.05) is 13.1 Å². The van der Waals surface area contributed by atoms with Crippen LogP contribution < -0.4 is 0 Å². The molecule has 1 aliphatic rings. The summed E-state index contributed by atoms with van der Waals surface area (Å²) in [6, 6.07) is 8.55. The van der Waals surface area contributed by atoms with Crippen molar-refractivity contribution in [1.29, 1.82) is 5.26 Å². The van der Waals surface area contributed by atoms with Crippen molar-refractivity contribution in [1.82, 2.24) is 4.90 Å². The fourth-order valence-corrected chi connectivity index (χ4v) is 1.49. The Morgan fingerprint density at radius 3 is 2.25 bits per heavy atom. The number of benzene rings is 1. The van der Waals surface area contributed by atoms with Crippen LogP contribution in [0.3, 0.4) is 0 Å². The molecule has 0 radical (unpaired) electrons. The molecule has 4 heteroatoms. The molecule has 0 aliphatic carbocycles. The molecule has 1 aromatic carbocycles. The molecule has 4 nitrogen and oxygen atoms in total. The van der Waals surface area contributed by atoms with Crippen LogP contribution in [-0.2, 0) is 9.59 Å². The minimum absolute atomic E-state index is 0.310. The van der Waals surface area contributed by atoms with Crippen molar-refractivity contribution >= 4 is 17.4 Å². The monoisotopic (exact) mass is 212 g/mol. The Morgan fingerprint density at radius 2 is 1.81 bits per heavy atom. The highest BCUT2D eigenvalue weighted by Gasteiger charge is 2.28. The molecule has 1 aromatic rings. The first kappa shape index (κ1) is 10.1. The highest BCUT2D eigenvalue weighted by atomic mass is 16.2. The lowest BCUT2D eigenvalue weighted by atomic mass is 10.0. The molecule has 0 N–H and O–H groups in total. The summed E-state index contributed by atoms with van der Waals surface area (Å²) in [6.45, 7) is 0. The number of carbonyl (C=O) groups is 2. The topological polar surface area (TPSA) is 61.2 Å². The number of nitrogens with zero attached hydrogens (tertiary/aromatic N) is 2. The van der Waals surface area contributed by atoms with E-state index in [2.05, 4.69) is 0 Å². The highest BCUT2D eigenvalue weighted by Crippen LogP contribution is 2.22. The number of likely N-dealkylation sites (N-methyl/N-ethyl adjacent to an activating group) is 1. The van der Waals surface area contributed by atoms with Gasteiger partial charge < -0.3 is 0 Å². The van der Waals surface area contributed by atoms with Crippen LogP contribution in [0.4, 0.5) is 0 Å². The van der Waals surface area contributed by atoms with Gasteiger partial charge in [-0.05, 0) is 17.7 Å². The minimum atomic E-state index is -0.315. The summed E-state index contributed by atoms with van der Waals surface area (Å²) in [5.41, 5.74) is 1.55. The van der Waals surface area contributed by atoms with Crippen molar-refractivity contribution in [3.8, 4) is 6.07 Å². The fraction of sp³-hybridized carbons (Fsp3) is 0.0833. The zero-order valence-electron chi connectivity index (χ0n) is 8.60. The van der Waals surface area contributed by atoms with Crippen LogP contribution in [0.25, 0.3) is 5.57 Å². The summed E-state index contributed by atoms with van der Waals surface area (Å²) in [7, 11) is 1.44. The summed E-state index contributed by atoms with van der Waals surface area (Å²) < 4.78 is 0. The lowest BCUT2D eigenvalue weighted by Gasteiger charge is -2.06. The Hall–Kier alpha value is -2.41. The number of carbonyl (C=O) groups excluding carboxylic acids is 2. The van der Waals surface area contributed by atoms with Gasteiger partial charge in [0.25, 0.3) is 11.8 Å². The second-order valence-corrected chi connectivity index (χ2v) is 3.45. The molecule has 1 aliphatic heterocycles. The number of rotatable bonds is 1. The third kappa shape index (κ3) is 1.48. The number of hydrogen-bond acceptors (Lipinski definition) is 3. The maximum atomic E-state index is 11.6. The molecule has 0 aromatic heterocycles. The average molecular weight is 212 g/mol. The highest BCUT2D eigenvalue weighted by molar-refractivity contribution is 6.33. The average Bonchev–Trinajstić information content (AvgIpc) is 2.57. The molecule has 16 heavy (non-hydrogen) atoms. The number of hydrogen-bond donors (Lipinski definition) is 0. The Bertz CT molecular complexity index is 535. The fourth-order valence-electron chi connectivity index (χ4n) is 1.49. The van der Waals surface area contributed by atoms with E-state index in [9.17, 15) is 9.59 Å². The molecule has 1 heterocycles. The molecule has 0 fully saturated rings. The Morgan fingerprint density at radius 1 is 1.19 bits per heavy atom. The molecular weight excluding hydrogens is 204 g/mol. The molecule has 0 saturated heterocycles. The standard InChI is InChI=1S/C12H8N2O2/c1-14-11(15)6-10(12(14)16)9-4-2-8(7-13)3-5-9/h2-6H,1H3. The molecular formula is C12H8N2O2. The van der Waals surface area contributed by atoms with Gasteiger partial charge in [-0.1, -0.05) is 12.1 Å². The van der Waals surface area contributed by atoms with Gasteiger partial charge in [-0.25, -0.2) is 0 Å². The molecule has 0 spiro atoms. The Labute approximate surface area is 92.4 Å². The third-order valence-electron chi connectivity index (χ3n) is 2.46. The van der Waals surface area contributed by atoms with E-state index in [0.717, 1.165) is 4.90 Å². The first-order valence-electron chi connectivity index (χ1n) is 4.67. The van der Waals surface area contributed by atoms with Gasteiger partial charge in [0.2, 0.25) is 0 Å². The van der Waals surface area contributed by atoms with Gasteiger partial charge in [0.15, 0.2) is 0 Å². The SMILES string of the molecule is CN1C(=O)C=C(c2ccc(C#N)cc2)C1=O. The van der Waals surface area contributed by atoms with Crippen molar-refractivity contribution in [3.63, 3.8) is 0 Å². The van der Waals surface area contributed by atoms with E-state index in [1.165, 1.54) is 13.1 Å². The molecule has 78 valence electrons. The van der Waals surface area contributed by atoms with Crippen LogP contribution in [-0.4, -0.2) is 23.8 Å². The predicted octanol–water partition coefficient (Wildman–Crippen LogP) is 0.940. The first-order valence-corrected chi connectivity index (χ1v) is 4.67. The van der Waals surface area contributed by atoms with Gasteiger partial charge in [0.05, 0.1) is 17.2 Å². The number of amides is 2. The third-order valence-corrected chi connectivity index (χ3v) is 2.46. The second kappa shape index (κ2) is 3.63. The van der Waals surface area contributed by atoms with E-state index in [1.54, 1.807) is 24.3 Å². The maximum absolute atomic E-state index is 11.6. The van der Waals surface area contributed by atoms with Crippen LogP contribution in [0.2, 0.25) is 0 Å². The lowest BCUT2D eigenvalue weighted by Crippen LogP contribution is -2.25. The zero-order valence-corrected chi connectivity index (χ0v) is 8.60. The normalized spacial score (nSPS) is 15.0. The van der Waals surface area contributed by atoms with Gasteiger partial charge in [-0.3, -0.25) is 14.5 Å². The quantitative estimate of drug-likeness (QED) is 0.651. The molecule has 0 saturated carbocycles. The van der Waals surface area contributed by atoms with Crippen molar-refractivity contribution in [2.45, 2.75) is 0 Å². The zero-order chi connectivity index (χ0) is 11.7. The first-order chi connectivity index (χ1) is 7.63. The van der Waals surface area contributed by atoms with Crippen molar-refractivity contribution in [2.24, 2.45) is 0 Å². The van der Waals surface area contributed by atoms with E-state index in [0.29, 0.717) is 16.7 Å². The van der Waals surface area contributed by atoms with Gasteiger partial charge in [-0.2, -0.15) is 5.26 Å². The summed E-state index contributed by atoms with van der Waals surface area (Å²) >= 11 is 0. The molecule has 2 rings (SSSR count). The molecule has 2 amide bonds. The van der Waals surface area contributed by atoms with Crippen LogP contribution in [0.5, 0.6) is 0 Å². The van der Waals surface area contributed by atoms with Crippen LogP contribution in [0.15, 0.2) is 30.3 Å². The van der Waals surface area contributed by atoms with Crippen molar-refractivity contribution in [2.75, 3.05) is 7.05 Å². The van der Waals surface area contributed by atoms with Crippen LogP contribution in [0, 0.1) is 11.3 Å². The smallest absolute Gasteiger partial charge is 0.261 e. The minimum Gasteiger partial charge on any atom is -0.278 e. The Kier molecular flexibility index (Phi) is 2.29. The maximum Gasteiger partial charge on any atom is 0.261 e. The van der Waals surface area contributed by atoms with E-state index < -0.39 is 0 Å². The van der Waals surface area contributed by atoms with Gasteiger partial charge in [-0.15, -0.1) is 0 Å². The predicted molar refractivity (Wildman–Crippen MR) is 56.9 cm³/mol. The van der Waals surface area contributed by atoms with E-state index in [4.69, 9.17) is 5.26 Å². The number of imide groups is 1. The van der Waals surface area contributed by atoms with Crippen LogP contribution in [0.1, 0.15) is 11.1 Å². The Balaban J connectivity index is 2.40. The molecule has 0 bridgehead atoms. The molecule has 0 unspecified atom stereocenters. The summed E-state index contributed by atoms with van der Waals surface area (Å²) in [4.78, 5) is 24.0. The van der Waals surface area contributed by atoms with Gasteiger partial charge >= 0.3 is 0 Å². The summed E-state index contributed by atoms with van der Waals surface area (Å²) in [5.74, 6) is -0.626. The number of nitriles is 1. The molecule has 0 atom stereocenters. The lowest BCUT2D eigenvalue weighted by molar-refractivity contribution is -0.134. The largest absolute Gasteiger partial charge is 0.278 e. The summed E-state index contributed by atoms with van der Waals surface area (Å²) in [5, 5.41) is 8.64. The van der Waals surface area contributed by atoms with E-state index >= 15 is 0 Å².